The van der Waals surface area contributed by atoms with Gasteiger partial charge in [0.1, 0.15) is 0 Å². The number of benzene rings is 2. The van der Waals surface area contributed by atoms with Crippen LogP contribution in [0.4, 0.5) is 10.8 Å². The minimum absolute atomic E-state index is 0.119. The van der Waals surface area contributed by atoms with E-state index in [1.54, 1.807) is 24.3 Å². The van der Waals surface area contributed by atoms with Gasteiger partial charge in [-0.2, -0.15) is 0 Å². The number of halogens is 1. The van der Waals surface area contributed by atoms with Crippen LogP contribution in [0.2, 0.25) is 5.02 Å². The zero-order valence-electron chi connectivity index (χ0n) is 16.9. The summed E-state index contributed by atoms with van der Waals surface area (Å²) < 4.78 is 0.587. The maximum atomic E-state index is 12.7. The van der Waals surface area contributed by atoms with E-state index in [-0.39, 0.29) is 17.1 Å². The number of carbonyl (C=O) groups is 2. The molecule has 30 heavy (non-hydrogen) atoms. The highest BCUT2D eigenvalue weighted by Gasteiger charge is 2.20. The molecule has 0 aliphatic carbocycles. The lowest BCUT2D eigenvalue weighted by Gasteiger charge is -2.15. The van der Waals surface area contributed by atoms with Crippen molar-refractivity contribution in [2.45, 2.75) is 37.3 Å². The van der Waals surface area contributed by atoms with Crippen LogP contribution < -0.4 is 10.6 Å². The maximum Gasteiger partial charge on any atom is 0.259 e. The van der Waals surface area contributed by atoms with Gasteiger partial charge in [-0.1, -0.05) is 64.5 Å². The van der Waals surface area contributed by atoms with Gasteiger partial charge in [0.15, 0.2) is 4.34 Å². The van der Waals surface area contributed by atoms with E-state index >= 15 is 0 Å². The Labute approximate surface area is 188 Å². The minimum Gasteiger partial charge on any atom is -0.325 e. The van der Waals surface area contributed by atoms with Crippen molar-refractivity contribution in [3.8, 4) is 0 Å². The molecule has 0 unspecified atom stereocenters. The van der Waals surface area contributed by atoms with Gasteiger partial charge < -0.3 is 5.32 Å². The fourth-order valence-electron chi connectivity index (χ4n) is 2.92. The van der Waals surface area contributed by atoms with Gasteiger partial charge in [0.05, 0.1) is 15.8 Å². The Morgan fingerprint density at radius 2 is 1.73 bits per heavy atom. The number of nitrogens with zero attached hydrogens (tertiary/aromatic N) is 2. The molecule has 0 spiro atoms. The van der Waals surface area contributed by atoms with E-state index in [1.807, 2.05) is 39.8 Å². The first kappa shape index (κ1) is 22.3. The van der Waals surface area contributed by atoms with Crippen LogP contribution in [0, 0.1) is 20.8 Å². The first-order valence-corrected chi connectivity index (χ1v) is 11.3. The second kappa shape index (κ2) is 9.59. The summed E-state index contributed by atoms with van der Waals surface area (Å²) in [5.74, 6) is -0.476. The molecule has 1 heterocycles. The van der Waals surface area contributed by atoms with Crippen molar-refractivity contribution in [1.82, 2.24) is 10.2 Å². The Balaban J connectivity index is 1.62. The van der Waals surface area contributed by atoms with Gasteiger partial charge in [-0.3, -0.25) is 14.9 Å². The van der Waals surface area contributed by atoms with Gasteiger partial charge >= 0.3 is 0 Å². The third kappa shape index (κ3) is 5.38. The molecule has 6 nitrogen and oxygen atoms in total. The molecule has 3 rings (SSSR count). The summed E-state index contributed by atoms with van der Waals surface area (Å²) in [5.41, 5.74) is 4.41. The molecule has 0 bridgehead atoms. The van der Waals surface area contributed by atoms with E-state index in [4.69, 9.17) is 11.6 Å². The van der Waals surface area contributed by atoms with Crippen molar-refractivity contribution >= 4 is 57.3 Å². The van der Waals surface area contributed by atoms with E-state index in [9.17, 15) is 9.59 Å². The van der Waals surface area contributed by atoms with Crippen molar-refractivity contribution in [2.24, 2.45) is 0 Å². The van der Waals surface area contributed by atoms with Gasteiger partial charge in [-0.05, 0) is 51.0 Å². The Morgan fingerprint density at radius 1 is 1.07 bits per heavy atom. The van der Waals surface area contributed by atoms with E-state index in [0.29, 0.717) is 20.1 Å². The number of carbonyl (C=O) groups excluding carboxylic acids is 2. The molecule has 0 saturated heterocycles. The topological polar surface area (TPSA) is 84.0 Å². The molecular weight excluding hydrogens is 440 g/mol. The van der Waals surface area contributed by atoms with Gasteiger partial charge in [0.25, 0.3) is 5.91 Å². The van der Waals surface area contributed by atoms with Crippen LogP contribution in [0.3, 0.4) is 0 Å². The smallest absolute Gasteiger partial charge is 0.259 e. The van der Waals surface area contributed by atoms with Gasteiger partial charge in [0, 0.05) is 5.69 Å². The monoisotopic (exact) mass is 460 g/mol. The molecule has 2 aromatic carbocycles. The first-order valence-electron chi connectivity index (χ1n) is 9.19. The number of aromatic nitrogens is 2. The predicted molar refractivity (Wildman–Crippen MR) is 124 cm³/mol. The van der Waals surface area contributed by atoms with Crippen LogP contribution in [-0.4, -0.2) is 27.3 Å². The second-order valence-electron chi connectivity index (χ2n) is 6.83. The minimum atomic E-state index is -0.384. The Morgan fingerprint density at radius 3 is 2.40 bits per heavy atom. The predicted octanol–water partition coefficient (Wildman–Crippen LogP) is 5.49. The number of anilines is 2. The molecule has 156 valence electrons. The van der Waals surface area contributed by atoms with E-state index in [0.717, 1.165) is 22.4 Å². The molecule has 1 aromatic heterocycles. The number of thioether (sulfide) groups is 1. The number of amides is 2. The summed E-state index contributed by atoms with van der Waals surface area (Å²) in [6.45, 7) is 7.79. The standard InChI is InChI=1S/C21H21ClN4O2S2/c1-11-9-12(2)17(13(3)10-11)23-18(27)14(4)29-21-26-25-20(30-21)24-19(28)15-7-5-6-8-16(15)22/h5-10,14H,1-4H3,(H,23,27)(H,24,25,28)/t14-/m0/s1. The van der Waals surface area contributed by atoms with Crippen LogP contribution in [0.5, 0.6) is 0 Å². The SMILES string of the molecule is Cc1cc(C)c(NC(=O)[C@H](C)Sc2nnc(NC(=O)c3ccccc3Cl)s2)c(C)c1. The largest absolute Gasteiger partial charge is 0.325 e. The Hall–Kier alpha value is -2.42. The number of rotatable bonds is 6. The quantitative estimate of drug-likeness (QED) is 0.375. The van der Waals surface area contributed by atoms with Gasteiger partial charge in [-0.25, -0.2) is 0 Å². The third-order valence-corrected chi connectivity index (χ3v) is 6.67. The molecule has 0 radical (unpaired) electrons. The van der Waals surface area contributed by atoms with Gasteiger partial charge in [0.2, 0.25) is 11.0 Å². The molecule has 2 N–H and O–H groups in total. The molecule has 0 saturated carbocycles. The number of nitrogens with one attached hydrogen (secondary N) is 2. The molecule has 3 aromatic rings. The summed E-state index contributed by atoms with van der Waals surface area (Å²) in [6.07, 6.45) is 0. The van der Waals surface area contributed by atoms with Crippen molar-refractivity contribution in [3.05, 3.63) is 63.7 Å². The molecule has 0 aliphatic rings. The van der Waals surface area contributed by atoms with Crippen molar-refractivity contribution in [3.63, 3.8) is 0 Å². The normalized spacial score (nSPS) is 11.8. The lowest BCUT2D eigenvalue weighted by molar-refractivity contribution is -0.115. The lowest BCUT2D eigenvalue weighted by atomic mass is 10.1. The zero-order chi connectivity index (χ0) is 21.8. The van der Waals surface area contributed by atoms with E-state index in [2.05, 4.69) is 20.8 Å². The Bertz CT molecular complexity index is 1080. The van der Waals surface area contributed by atoms with Crippen LogP contribution in [-0.2, 0) is 4.79 Å². The van der Waals surface area contributed by atoms with Gasteiger partial charge in [-0.15, -0.1) is 10.2 Å². The fraction of sp³-hybridized carbons (Fsp3) is 0.238. The molecule has 9 heteroatoms. The summed E-state index contributed by atoms with van der Waals surface area (Å²) >= 11 is 8.55. The Kier molecular flexibility index (Phi) is 7.12. The number of hydrogen-bond acceptors (Lipinski definition) is 6. The highest BCUT2D eigenvalue weighted by Crippen LogP contribution is 2.31. The van der Waals surface area contributed by atoms with Crippen LogP contribution >= 0.6 is 34.7 Å². The molecule has 2 amide bonds. The van der Waals surface area contributed by atoms with E-state index < -0.39 is 0 Å². The van der Waals surface area contributed by atoms with Crippen LogP contribution in [0.15, 0.2) is 40.7 Å². The zero-order valence-corrected chi connectivity index (χ0v) is 19.3. The molecule has 1 atom stereocenters. The summed E-state index contributed by atoms with van der Waals surface area (Å²) in [7, 11) is 0. The van der Waals surface area contributed by atoms with Crippen LogP contribution in [0.1, 0.15) is 34.0 Å². The first-order chi connectivity index (χ1) is 14.2. The average Bonchev–Trinajstić information content (AvgIpc) is 3.11. The molecule has 0 fully saturated rings. The highest BCUT2D eigenvalue weighted by molar-refractivity contribution is 8.02. The molecule has 0 aliphatic heterocycles. The lowest BCUT2D eigenvalue weighted by Crippen LogP contribution is -2.23. The summed E-state index contributed by atoms with van der Waals surface area (Å²) in [4.78, 5) is 25.0. The summed E-state index contributed by atoms with van der Waals surface area (Å²) in [6, 6.07) is 10.9. The second-order valence-corrected chi connectivity index (χ2v) is 9.80. The molecular formula is C21H21ClN4O2S2. The third-order valence-electron chi connectivity index (χ3n) is 4.32. The number of hydrogen-bond donors (Lipinski definition) is 2. The van der Waals surface area contributed by atoms with Crippen molar-refractivity contribution in [1.29, 1.82) is 0 Å². The average molecular weight is 461 g/mol. The van der Waals surface area contributed by atoms with Crippen molar-refractivity contribution in [2.75, 3.05) is 10.6 Å². The van der Waals surface area contributed by atoms with E-state index in [1.165, 1.54) is 23.1 Å². The fourth-order valence-corrected chi connectivity index (χ4v) is 5.04. The van der Waals surface area contributed by atoms with Crippen molar-refractivity contribution < 1.29 is 9.59 Å². The van der Waals surface area contributed by atoms with Crippen LogP contribution in [0.25, 0.3) is 0 Å². The summed E-state index contributed by atoms with van der Waals surface area (Å²) in [5, 5.41) is 14.1. The maximum absolute atomic E-state index is 12.7. The highest BCUT2D eigenvalue weighted by atomic mass is 35.5. The number of aryl methyl sites for hydroxylation is 3.